The summed E-state index contributed by atoms with van der Waals surface area (Å²) in [4.78, 5) is 27.9. The van der Waals surface area contributed by atoms with Crippen molar-refractivity contribution in [3.05, 3.63) is 0 Å². The second-order valence-electron chi connectivity index (χ2n) is 10.9. The number of hydrogen-bond donors (Lipinski definition) is 1. The average Bonchev–Trinajstić information content (AvgIpc) is 3.15. The maximum Gasteiger partial charge on any atom is 0.412 e. The molecule has 1 saturated carbocycles. The van der Waals surface area contributed by atoms with Crippen molar-refractivity contribution in [2.45, 2.75) is 117 Å². The highest BCUT2D eigenvalue weighted by atomic mass is 16.6. The number of hydrogen-bond acceptors (Lipinski definition) is 4. The molecule has 1 N–H and O–H groups in total. The van der Waals surface area contributed by atoms with Gasteiger partial charge in [0.05, 0.1) is 12.1 Å². The molecule has 1 aliphatic heterocycles. The Balaban J connectivity index is 2.26. The van der Waals surface area contributed by atoms with Crippen LogP contribution in [0.2, 0.25) is 0 Å². The fourth-order valence-electron chi connectivity index (χ4n) is 5.00. The largest absolute Gasteiger partial charge is 0.444 e. The molecule has 0 aromatic carbocycles. The van der Waals surface area contributed by atoms with Crippen LogP contribution in [0, 0.1) is 17.8 Å². The summed E-state index contributed by atoms with van der Waals surface area (Å²) in [6.45, 7) is 16.7. The zero-order chi connectivity index (χ0) is 22.7. The highest BCUT2D eigenvalue weighted by Gasteiger charge is 2.55. The topological polar surface area (TPSA) is 67.9 Å². The van der Waals surface area contributed by atoms with Crippen LogP contribution in [0.3, 0.4) is 0 Å². The van der Waals surface area contributed by atoms with Gasteiger partial charge in [0.25, 0.3) is 0 Å². The zero-order valence-corrected chi connectivity index (χ0v) is 20.4. The predicted molar refractivity (Wildman–Crippen MR) is 119 cm³/mol. The van der Waals surface area contributed by atoms with E-state index in [2.05, 4.69) is 26.1 Å². The molecule has 1 aliphatic carbocycles. The van der Waals surface area contributed by atoms with Gasteiger partial charge in [0, 0.05) is 12.5 Å². The molecule has 2 rings (SSSR count). The van der Waals surface area contributed by atoms with Crippen molar-refractivity contribution in [1.82, 2.24) is 10.2 Å². The third kappa shape index (κ3) is 6.12. The monoisotopic (exact) mass is 424 g/mol. The Morgan fingerprint density at radius 2 is 1.90 bits per heavy atom. The molecule has 0 aromatic heterocycles. The van der Waals surface area contributed by atoms with Crippen molar-refractivity contribution in [1.29, 1.82) is 0 Å². The van der Waals surface area contributed by atoms with Crippen LogP contribution >= 0.6 is 0 Å². The molecule has 30 heavy (non-hydrogen) atoms. The zero-order valence-electron chi connectivity index (χ0n) is 20.4. The van der Waals surface area contributed by atoms with Crippen LogP contribution in [0.1, 0.15) is 93.9 Å². The smallest absolute Gasteiger partial charge is 0.412 e. The average molecular weight is 425 g/mol. The van der Waals surface area contributed by atoms with Crippen molar-refractivity contribution < 1.29 is 19.1 Å². The molecule has 2 amide bonds. The second kappa shape index (κ2) is 9.88. The van der Waals surface area contributed by atoms with E-state index in [-0.39, 0.29) is 36.0 Å². The standard InChI is InChI=1S/C24H44N2O4/c1-9-10-14-25-21(27)18-13-11-12-17(18)20-19(15-16(2)3)26(24(7,8)29-20)22(28)30-23(4,5)6/h16-20H,9-15H2,1-8H3,(H,25,27)/t17-,18-,19+,20+/m1/s1. The summed E-state index contributed by atoms with van der Waals surface area (Å²) in [5.41, 5.74) is -1.33. The summed E-state index contributed by atoms with van der Waals surface area (Å²) in [5.74, 6) is 0.627. The molecule has 2 fully saturated rings. The van der Waals surface area contributed by atoms with Crippen LogP contribution in [0.15, 0.2) is 0 Å². The van der Waals surface area contributed by atoms with E-state index in [9.17, 15) is 9.59 Å². The molecule has 2 aliphatic rings. The third-order valence-electron chi connectivity index (χ3n) is 6.18. The van der Waals surface area contributed by atoms with Gasteiger partial charge < -0.3 is 14.8 Å². The molecule has 0 spiro atoms. The van der Waals surface area contributed by atoms with Crippen LogP contribution in [-0.2, 0) is 14.3 Å². The molecule has 0 unspecified atom stereocenters. The minimum atomic E-state index is -0.765. The first-order valence-corrected chi connectivity index (χ1v) is 11.8. The number of ether oxygens (including phenoxy) is 2. The van der Waals surface area contributed by atoms with Gasteiger partial charge in [-0.05, 0) is 72.1 Å². The summed E-state index contributed by atoms with van der Waals surface area (Å²) < 4.78 is 12.3. The molecule has 174 valence electrons. The molecular formula is C24H44N2O4. The van der Waals surface area contributed by atoms with Crippen LogP contribution in [0.5, 0.6) is 0 Å². The Kier molecular flexibility index (Phi) is 8.22. The van der Waals surface area contributed by atoms with E-state index in [0.29, 0.717) is 5.92 Å². The lowest BCUT2D eigenvalue weighted by Gasteiger charge is -2.36. The van der Waals surface area contributed by atoms with Crippen molar-refractivity contribution in [3.63, 3.8) is 0 Å². The van der Waals surface area contributed by atoms with Crippen LogP contribution in [0.4, 0.5) is 4.79 Å². The van der Waals surface area contributed by atoms with Crippen LogP contribution < -0.4 is 5.32 Å². The Hall–Kier alpha value is -1.30. The Bertz CT molecular complexity index is 597. The first kappa shape index (κ1) is 25.0. The van der Waals surface area contributed by atoms with E-state index >= 15 is 0 Å². The van der Waals surface area contributed by atoms with Crippen molar-refractivity contribution in [3.8, 4) is 0 Å². The molecular weight excluding hydrogens is 380 g/mol. The van der Waals surface area contributed by atoms with E-state index in [0.717, 1.165) is 45.1 Å². The van der Waals surface area contributed by atoms with E-state index in [1.807, 2.05) is 34.6 Å². The molecule has 1 heterocycles. The number of nitrogens with zero attached hydrogens (tertiary/aromatic N) is 1. The molecule has 6 heteroatoms. The first-order chi connectivity index (χ1) is 13.9. The molecule has 1 saturated heterocycles. The van der Waals surface area contributed by atoms with Crippen LogP contribution in [0.25, 0.3) is 0 Å². The summed E-state index contributed by atoms with van der Waals surface area (Å²) in [6, 6.07) is -0.0936. The SMILES string of the molecule is CCCCNC(=O)[C@@H]1CCC[C@H]1[C@@H]1OC(C)(C)N(C(=O)OC(C)(C)C)[C@H]1CC(C)C. The van der Waals surface area contributed by atoms with Gasteiger partial charge >= 0.3 is 6.09 Å². The number of nitrogens with one attached hydrogen (secondary N) is 1. The Morgan fingerprint density at radius 1 is 1.23 bits per heavy atom. The highest BCUT2D eigenvalue weighted by Crippen LogP contribution is 2.46. The summed E-state index contributed by atoms with van der Waals surface area (Å²) in [5, 5.41) is 3.12. The normalized spacial score (nSPS) is 28.8. The quantitative estimate of drug-likeness (QED) is 0.577. The lowest BCUT2D eigenvalue weighted by Crippen LogP contribution is -2.51. The van der Waals surface area contributed by atoms with Gasteiger partial charge in [-0.25, -0.2) is 4.79 Å². The number of carbonyl (C=O) groups excluding carboxylic acids is 2. The maximum absolute atomic E-state index is 13.2. The maximum atomic E-state index is 13.2. The van der Waals surface area contributed by atoms with E-state index < -0.39 is 11.3 Å². The van der Waals surface area contributed by atoms with Crippen molar-refractivity contribution in [2.24, 2.45) is 17.8 Å². The second-order valence-corrected chi connectivity index (χ2v) is 10.9. The Morgan fingerprint density at radius 3 is 2.47 bits per heavy atom. The number of rotatable bonds is 7. The summed E-state index contributed by atoms with van der Waals surface area (Å²) in [6.07, 6.45) is 5.29. The third-order valence-corrected chi connectivity index (χ3v) is 6.18. The van der Waals surface area contributed by atoms with Gasteiger partial charge in [-0.3, -0.25) is 9.69 Å². The summed E-state index contributed by atoms with van der Waals surface area (Å²) >= 11 is 0. The van der Waals surface area contributed by atoms with Crippen molar-refractivity contribution >= 4 is 12.0 Å². The Labute approximate surface area is 183 Å². The predicted octanol–water partition coefficient (Wildman–Crippen LogP) is 5.11. The molecule has 4 atom stereocenters. The first-order valence-electron chi connectivity index (χ1n) is 11.8. The van der Waals surface area contributed by atoms with Gasteiger partial charge in [-0.15, -0.1) is 0 Å². The van der Waals surface area contributed by atoms with Gasteiger partial charge in [0.15, 0.2) is 0 Å². The fraction of sp³-hybridized carbons (Fsp3) is 0.917. The van der Waals surface area contributed by atoms with Gasteiger partial charge in [0.2, 0.25) is 5.91 Å². The van der Waals surface area contributed by atoms with Gasteiger partial charge in [-0.2, -0.15) is 0 Å². The minimum Gasteiger partial charge on any atom is -0.444 e. The van der Waals surface area contributed by atoms with E-state index in [1.54, 1.807) is 4.90 Å². The number of carbonyl (C=O) groups is 2. The molecule has 0 radical (unpaired) electrons. The fourth-order valence-corrected chi connectivity index (χ4v) is 5.00. The molecule has 0 aromatic rings. The van der Waals surface area contributed by atoms with Crippen LogP contribution in [-0.4, -0.2) is 46.9 Å². The van der Waals surface area contributed by atoms with E-state index in [4.69, 9.17) is 9.47 Å². The highest BCUT2D eigenvalue weighted by molar-refractivity contribution is 5.79. The summed E-state index contributed by atoms with van der Waals surface area (Å²) in [7, 11) is 0. The lowest BCUT2D eigenvalue weighted by atomic mass is 9.83. The van der Waals surface area contributed by atoms with E-state index in [1.165, 1.54) is 0 Å². The minimum absolute atomic E-state index is 0.0455. The molecule has 6 nitrogen and oxygen atoms in total. The van der Waals surface area contributed by atoms with Gasteiger partial charge in [0.1, 0.15) is 11.3 Å². The molecule has 0 bridgehead atoms. The van der Waals surface area contributed by atoms with Crippen molar-refractivity contribution in [2.75, 3.05) is 6.54 Å². The lowest BCUT2D eigenvalue weighted by molar-refractivity contribution is -0.130. The van der Waals surface area contributed by atoms with Gasteiger partial charge in [-0.1, -0.05) is 33.6 Å². The number of amides is 2. The number of unbranched alkanes of at least 4 members (excludes halogenated alkanes) is 1.